The van der Waals surface area contributed by atoms with Crippen molar-refractivity contribution in [3.8, 4) is 0 Å². The number of nitrogens with zero attached hydrogens (tertiary/aromatic N) is 4. The van der Waals surface area contributed by atoms with Gasteiger partial charge in [-0.2, -0.15) is 0 Å². The highest BCUT2D eigenvalue weighted by atomic mass is 16.1. The topological polar surface area (TPSA) is 63.1 Å². The van der Waals surface area contributed by atoms with Crippen LogP contribution in [0.25, 0.3) is 11.0 Å². The minimum atomic E-state index is 0.00454. The summed E-state index contributed by atoms with van der Waals surface area (Å²) in [7, 11) is 0. The molecule has 1 amide bonds. The van der Waals surface area contributed by atoms with E-state index in [1.807, 2.05) is 29.8 Å². The van der Waals surface area contributed by atoms with Gasteiger partial charge in [-0.25, -0.2) is 4.68 Å². The quantitative estimate of drug-likeness (QED) is 0.878. The van der Waals surface area contributed by atoms with Crippen molar-refractivity contribution in [2.45, 2.75) is 70.4 Å². The molecule has 1 aromatic carbocycles. The van der Waals surface area contributed by atoms with Crippen LogP contribution in [-0.4, -0.2) is 51.0 Å². The molecular formula is C21H31N5O. The summed E-state index contributed by atoms with van der Waals surface area (Å²) < 4.78 is 1.85. The molecule has 6 nitrogen and oxygen atoms in total. The molecule has 2 heterocycles. The molecular weight excluding hydrogens is 338 g/mol. The van der Waals surface area contributed by atoms with E-state index in [1.54, 1.807) is 0 Å². The lowest BCUT2D eigenvalue weighted by Crippen LogP contribution is -2.58. The summed E-state index contributed by atoms with van der Waals surface area (Å²) in [6.07, 6.45) is 10.2. The van der Waals surface area contributed by atoms with Crippen molar-refractivity contribution in [2.24, 2.45) is 0 Å². The van der Waals surface area contributed by atoms with Crippen molar-refractivity contribution in [1.82, 2.24) is 25.2 Å². The number of amides is 1. The second-order valence-electron chi connectivity index (χ2n) is 8.12. The predicted molar refractivity (Wildman–Crippen MR) is 107 cm³/mol. The zero-order chi connectivity index (χ0) is 18.7. The number of piperidine rings is 1. The number of likely N-dealkylation sites (tertiary alicyclic amines) is 1. The maximum Gasteiger partial charge on any atom is 0.251 e. The van der Waals surface area contributed by atoms with E-state index in [4.69, 9.17) is 0 Å². The largest absolute Gasteiger partial charge is 0.350 e. The minimum absolute atomic E-state index is 0.00454. The van der Waals surface area contributed by atoms with E-state index in [0.29, 0.717) is 5.56 Å². The fourth-order valence-corrected chi connectivity index (χ4v) is 4.88. The average molecular weight is 370 g/mol. The highest BCUT2D eigenvalue weighted by molar-refractivity contribution is 5.97. The molecule has 0 unspecified atom stereocenters. The third-order valence-corrected chi connectivity index (χ3v) is 6.46. The SMILES string of the molecule is CCn1nnc2cc(C(=O)NCC3(N4CCCCC4)CCCCC3)ccc21. The van der Waals surface area contributed by atoms with Crippen molar-refractivity contribution in [2.75, 3.05) is 19.6 Å². The number of hydrogen-bond donors (Lipinski definition) is 1. The molecule has 1 aliphatic heterocycles. The number of fused-ring (bicyclic) bond motifs is 1. The van der Waals surface area contributed by atoms with Crippen LogP contribution >= 0.6 is 0 Å². The standard InChI is InChI=1S/C21H31N5O/c1-2-26-19-10-9-17(15-18(19)23-24-26)20(27)22-16-21(11-5-3-6-12-21)25-13-7-4-8-14-25/h9-10,15H,2-8,11-14,16H2,1H3,(H,22,27). The highest BCUT2D eigenvalue weighted by Crippen LogP contribution is 2.35. The average Bonchev–Trinajstić information content (AvgIpc) is 3.15. The summed E-state index contributed by atoms with van der Waals surface area (Å²) >= 11 is 0. The Labute approximate surface area is 161 Å². The zero-order valence-electron chi connectivity index (χ0n) is 16.4. The number of rotatable bonds is 5. The molecule has 2 aromatic rings. The first-order valence-electron chi connectivity index (χ1n) is 10.6. The van der Waals surface area contributed by atoms with Gasteiger partial charge in [0.2, 0.25) is 0 Å². The molecule has 0 spiro atoms. The van der Waals surface area contributed by atoms with Gasteiger partial charge in [0, 0.05) is 24.2 Å². The van der Waals surface area contributed by atoms with Gasteiger partial charge >= 0.3 is 0 Å². The normalized spacial score (nSPS) is 20.6. The maximum atomic E-state index is 12.8. The van der Waals surface area contributed by atoms with Crippen molar-refractivity contribution in [3.05, 3.63) is 23.8 Å². The van der Waals surface area contributed by atoms with Crippen LogP contribution in [-0.2, 0) is 6.54 Å². The van der Waals surface area contributed by atoms with Gasteiger partial charge in [-0.05, 0) is 63.9 Å². The fourth-order valence-electron chi connectivity index (χ4n) is 4.88. The molecule has 146 valence electrons. The third-order valence-electron chi connectivity index (χ3n) is 6.46. The molecule has 1 aromatic heterocycles. The van der Waals surface area contributed by atoms with Crippen molar-refractivity contribution in [3.63, 3.8) is 0 Å². The fraction of sp³-hybridized carbons (Fsp3) is 0.667. The summed E-state index contributed by atoms with van der Waals surface area (Å²) in [6.45, 7) is 5.94. The first-order chi connectivity index (χ1) is 13.2. The Balaban J connectivity index is 1.47. The van der Waals surface area contributed by atoms with E-state index in [0.717, 1.165) is 24.1 Å². The Hall–Kier alpha value is -1.95. The minimum Gasteiger partial charge on any atom is -0.350 e. The lowest BCUT2D eigenvalue weighted by molar-refractivity contribution is 0.0326. The van der Waals surface area contributed by atoms with Crippen LogP contribution in [0.15, 0.2) is 18.2 Å². The van der Waals surface area contributed by atoms with Crippen molar-refractivity contribution < 1.29 is 4.79 Å². The molecule has 0 bridgehead atoms. The summed E-state index contributed by atoms with van der Waals surface area (Å²) in [5.74, 6) is 0.00454. The third kappa shape index (κ3) is 3.72. The number of carbonyl (C=O) groups excluding carboxylic acids is 1. The van der Waals surface area contributed by atoms with E-state index >= 15 is 0 Å². The summed E-state index contributed by atoms with van der Waals surface area (Å²) in [5.41, 5.74) is 2.60. The number of benzene rings is 1. The van der Waals surface area contributed by atoms with E-state index in [1.165, 1.54) is 64.5 Å². The second-order valence-corrected chi connectivity index (χ2v) is 8.12. The lowest BCUT2D eigenvalue weighted by atomic mass is 9.79. The molecule has 1 N–H and O–H groups in total. The van der Waals surface area contributed by atoms with E-state index in [2.05, 4.69) is 20.5 Å². The van der Waals surface area contributed by atoms with Gasteiger partial charge in [-0.15, -0.1) is 5.10 Å². The van der Waals surface area contributed by atoms with Gasteiger partial charge in [-0.1, -0.05) is 30.9 Å². The lowest BCUT2D eigenvalue weighted by Gasteiger charge is -2.48. The van der Waals surface area contributed by atoms with Crippen LogP contribution < -0.4 is 5.32 Å². The molecule has 6 heteroatoms. The molecule has 2 aliphatic rings. The summed E-state index contributed by atoms with van der Waals surface area (Å²) in [5, 5.41) is 11.6. The Bertz CT molecular complexity index is 787. The molecule has 0 radical (unpaired) electrons. The Morgan fingerprint density at radius 1 is 1.11 bits per heavy atom. The van der Waals surface area contributed by atoms with E-state index in [-0.39, 0.29) is 11.4 Å². The number of carbonyl (C=O) groups is 1. The van der Waals surface area contributed by atoms with Gasteiger partial charge in [0.25, 0.3) is 5.91 Å². The van der Waals surface area contributed by atoms with Crippen LogP contribution in [0.4, 0.5) is 0 Å². The molecule has 1 saturated heterocycles. The highest BCUT2D eigenvalue weighted by Gasteiger charge is 2.38. The van der Waals surface area contributed by atoms with Crippen LogP contribution in [0.1, 0.15) is 68.6 Å². The van der Waals surface area contributed by atoms with Gasteiger partial charge in [0.15, 0.2) is 0 Å². The first kappa shape index (κ1) is 18.4. The van der Waals surface area contributed by atoms with Gasteiger partial charge < -0.3 is 5.32 Å². The second kappa shape index (κ2) is 7.97. The van der Waals surface area contributed by atoms with Gasteiger partial charge in [0.05, 0.1) is 5.52 Å². The zero-order valence-corrected chi connectivity index (χ0v) is 16.4. The molecule has 1 saturated carbocycles. The van der Waals surface area contributed by atoms with Gasteiger partial charge in [-0.3, -0.25) is 9.69 Å². The molecule has 0 atom stereocenters. The summed E-state index contributed by atoms with van der Waals surface area (Å²) in [4.78, 5) is 15.5. The molecule has 2 fully saturated rings. The van der Waals surface area contributed by atoms with Crippen LogP contribution in [0.3, 0.4) is 0 Å². The predicted octanol–water partition coefficient (Wildman–Crippen LogP) is 3.37. The Morgan fingerprint density at radius 3 is 2.59 bits per heavy atom. The number of aryl methyl sites for hydroxylation is 1. The Morgan fingerprint density at radius 2 is 1.85 bits per heavy atom. The number of aromatic nitrogens is 3. The van der Waals surface area contributed by atoms with Gasteiger partial charge in [0.1, 0.15) is 5.52 Å². The van der Waals surface area contributed by atoms with E-state index in [9.17, 15) is 4.79 Å². The van der Waals surface area contributed by atoms with E-state index < -0.39 is 0 Å². The molecule has 27 heavy (non-hydrogen) atoms. The monoisotopic (exact) mass is 369 g/mol. The summed E-state index contributed by atoms with van der Waals surface area (Å²) in [6, 6.07) is 5.70. The van der Waals surface area contributed by atoms with Crippen LogP contribution in [0, 0.1) is 0 Å². The van der Waals surface area contributed by atoms with Crippen molar-refractivity contribution in [1.29, 1.82) is 0 Å². The Kier molecular flexibility index (Phi) is 5.43. The first-order valence-corrected chi connectivity index (χ1v) is 10.6. The maximum absolute atomic E-state index is 12.8. The molecule has 1 aliphatic carbocycles. The smallest absolute Gasteiger partial charge is 0.251 e. The number of hydrogen-bond acceptors (Lipinski definition) is 4. The molecule has 4 rings (SSSR count). The number of nitrogens with one attached hydrogen (secondary N) is 1. The van der Waals surface area contributed by atoms with Crippen LogP contribution in [0.2, 0.25) is 0 Å². The van der Waals surface area contributed by atoms with Crippen molar-refractivity contribution >= 4 is 16.9 Å². The van der Waals surface area contributed by atoms with Crippen LogP contribution in [0.5, 0.6) is 0 Å².